The predicted molar refractivity (Wildman–Crippen MR) is 67.2 cm³/mol. The average molecular weight is 232 g/mol. The smallest absolute Gasteiger partial charge is 0.191 e. The maximum atomic E-state index is 5.62. The van der Waals surface area contributed by atoms with Crippen LogP contribution in [0.5, 0.6) is 0 Å². The van der Waals surface area contributed by atoms with Gasteiger partial charge in [0.05, 0.1) is 4.70 Å². The summed E-state index contributed by atoms with van der Waals surface area (Å²) in [5.74, 6) is 0. The monoisotopic (exact) mass is 232 g/mol. The maximum Gasteiger partial charge on any atom is 0.191 e. The van der Waals surface area contributed by atoms with Gasteiger partial charge in [-0.15, -0.1) is 11.3 Å². The molecule has 1 aromatic carbocycles. The van der Waals surface area contributed by atoms with Crippen LogP contribution >= 0.6 is 23.6 Å². The number of aryl methyl sites for hydroxylation is 1. The topological polar surface area (TPSA) is 13.1 Å². The summed E-state index contributed by atoms with van der Waals surface area (Å²) >= 11 is 6.85. The lowest BCUT2D eigenvalue weighted by Gasteiger charge is -1.93. The van der Waals surface area contributed by atoms with E-state index in [4.69, 9.17) is 16.6 Å². The summed E-state index contributed by atoms with van der Waals surface area (Å²) in [6, 6.07) is 10.2. The molecule has 74 valence electrons. The summed E-state index contributed by atoms with van der Waals surface area (Å²) in [4.78, 5) is 0. The lowest BCUT2D eigenvalue weighted by Crippen LogP contribution is -1.72. The van der Waals surface area contributed by atoms with Crippen LogP contribution in [0.3, 0.4) is 0 Å². The average Bonchev–Trinajstić information content (AvgIpc) is 2.57. The third kappa shape index (κ3) is 1.31. The Morgan fingerprint density at radius 1 is 1.27 bits per heavy atom. The van der Waals surface area contributed by atoms with Crippen molar-refractivity contribution in [2.45, 2.75) is 6.92 Å². The number of hydrogen-bond acceptors (Lipinski definition) is 3. The summed E-state index contributed by atoms with van der Waals surface area (Å²) in [7, 11) is 0. The number of thiophene rings is 1. The molecule has 0 fully saturated rings. The zero-order chi connectivity index (χ0) is 10.4. The third-order valence-electron chi connectivity index (χ3n) is 2.45. The van der Waals surface area contributed by atoms with Gasteiger partial charge >= 0.3 is 0 Å². The van der Waals surface area contributed by atoms with E-state index >= 15 is 0 Å². The molecule has 2 aromatic heterocycles. The van der Waals surface area contributed by atoms with Crippen LogP contribution in [-0.4, -0.2) is 0 Å². The first kappa shape index (κ1) is 9.07. The Morgan fingerprint density at radius 3 is 2.93 bits per heavy atom. The van der Waals surface area contributed by atoms with Crippen LogP contribution in [0.2, 0.25) is 0 Å². The van der Waals surface area contributed by atoms with E-state index in [9.17, 15) is 0 Å². The van der Waals surface area contributed by atoms with Gasteiger partial charge in [0, 0.05) is 10.1 Å². The van der Waals surface area contributed by atoms with Gasteiger partial charge in [0.2, 0.25) is 0 Å². The largest absolute Gasteiger partial charge is 0.444 e. The van der Waals surface area contributed by atoms with Crippen LogP contribution in [0.25, 0.3) is 20.4 Å². The number of rotatable bonds is 0. The predicted octanol–water partition coefficient (Wildman–Crippen LogP) is 4.69. The van der Waals surface area contributed by atoms with Crippen molar-refractivity contribution in [2.75, 3.05) is 0 Å². The molecule has 0 amide bonds. The molecule has 0 unspecified atom stereocenters. The molecule has 15 heavy (non-hydrogen) atoms. The normalized spacial score (nSPS) is 11.3. The number of fused-ring (bicyclic) bond motifs is 3. The molecule has 3 heteroatoms. The van der Waals surface area contributed by atoms with E-state index in [1.807, 2.05) is 18.2 Å². The molecule has 3 rings (SSSR count). The fourth-order valence-corrected chi connectivity index (χ4v) is 3.12. The summed E-state index contributed by atoms with van der Waals surface area (Å²) in [5, 5.41) is 1.16. The van der Waals surface area contributed by atoms with Crippen molar-refractivity contribution in [3.63, 3.8) is 0 Å². The van der Waals surface area contributed by atoms with Gasteiger partial charge < -0.3 is 4.42 Å². The van der Waals surface area contributed by atoms with Gasteiger partial charge in [-0.3, -0.25) is 0 Å². The van der Waals surface area contributed by atoms with Crippen LogP contribution in [0.15, 0.2) is 34.7 Å². The molecule has 0 aliphatic rings. The van der Waals surface area contributed by atoms with Gasteiger partial charge in [-0.25, -0.2) is 0 Å². The summed E-state index contributed by atoms with van der Waals surface area (Å²) in [5.41, 5.74) is 2.13. The molecule has 3 aromatic rings. The van der Waals surface area contributed by atoms with Gasteiger partial charge in [-0.05, 0) is 42.9 Å². The zero-order valence-corrected chi connectivity index (χ0v) is 9.74. The van der Waals surface area contributed by atoms with E-state index in [0.29, 0.717) is 4.71 Å². The molecule has 0 saturated heterocycles. The van der Waals surface area contributed by atoms with E-state index in [1.54, 1.807) is 11.3 Å². The first-order valence-corrected chi connectivity index (χ1v) is 5.90. The Morgan fingerprint density at radius 2 is 2.07 bits per heavy atom. The van der Waals surface area contributed by atoms with E-state index in [-0.39, 0.29) is 0 Å². The highest BCUT2D eigenvalue weighted by Crippen LogP contribution is 2.35. The highest BCUT2D eigenvalue weighted by atomic mass is 32.1. The van der Waals surface area contributed by atoms with Crippen molar-refractivity contribution in [3.05, 3.63) is 40.6 Å². The molecule has 0 radical (unpaired) electrons. The van der Waals surface area contributed by atoms with Crippen LogP contribution in [0.4, 0.5) is 0 Å². The van der Waals surface area contributed by atoms with Gasteiger partial charge in [0.1, 0.15) is 0 Å². The van der Waals surface area contributed by atoms with Crippen molar-refractivity contribution < 1.29 is 4.42 Å². The first-order chi connectivity index (χ1) is 7.25. The Labute approximate surface area is 96.0 Å². The highest BCUT2D eigenvalue weighted by molar-refractivity contribution is 7.71. The van der Waals surface area contributed by atoms with Crippen molar-refractivity contribution >= 4 is 43.9 Å². The Balaban J connectivity index is 2.66. The molecule has 0 aliphatic heterocycles. The maximum absolute atomic E-state index is 5.62. The molecule has 0 aliphatic carbocycles. The minimum absolute atomic E-state index is 0.559. The van der Waals surface area contributed by atoms with Gasteiger partial charge in [0.15, 0.2) is 10.3 Å². The lowest BCUT2D eigenvalue weighted by atomic mass is 10.2. The van der Waals surface area contributed by atoms with Gasteiger partial charge in [-0.1, -0.05) is 12.1 Å². The van der Waals surface area contributed by atoms with Crippen molar-refractivity contribution in [3.8, 4) is 0 Å². The fourth-order valence-electron chi connectivity index (χ4n) is 1.76. The fraction of sp³-hybridized carbons (Fsp3) is 0.0833. The molecule has 2 heterocycles. The Hall–Kier alpha value is -1.19. The molecule has 0 atom stereocenters. The SMILES string of the molecule is Cc1cc(=S)oc2c1sc1ccccc12. The van der Waals surface area contributed by atoms with E-state index in [1.165, 1.54) is 15.0 Å². The standard InChI is InChI=1S/C12H8OS2/c1-7-6-10(14)13-11-8-4-2-3-5-9(8)15-12(7)11/h2-6H,1H3. The molecule has 0 N–H and O–H groups in total. The van der Waals surface area contributed by atoms with Gasteiger partial charge in [0.25, 0.3) is 0 Å². The Bertz CT molecular complexity index is 706. The summed E-state index contributed by atoms with van der Waals surface area (Å²) < 4.78 is 8.63. The highest BCUT2D eigenvalue weighted by Gasteiger charge is 2.08. The van der Waals surface area contributed by atoms with Gasteiger partial charge in [-0.2, -0.15) is 0 Å². The number of hydrogen-bond donors (Lipinski definition) is 0. The molecule has 0 saturated carbocycles. The van der Waals surface area contributed by atoms with Crippen LogP contribution < -0.4 is 0 Å². The summed E-state index contributed by atoms with van der Waals surface area (Å²) in [6.07, 6.45) is 0. The van der Waals surface area contributed by atoms with Crippen molar-refractivity contribution in [2.24, 2.45) is 0 Å². The molecule has 0 bridgehead atoms. The van der Waals surface area contributed by atoms with E-state index < -0.39 is 0 Å². The van der Waals surface area contributed by atoms with Crippen molar-refractivity contribution in [1.82, 2.24) is 0 Å². The minimum Gasteiger partial charge on any atom is -0.444 e. The lowest BCUT2D eigenvalue weighted by molar-refractivity contribution is 0.590. The molecule has 1 nitrogen and oxygen atoms in total. The Kier molecular flexibility index (Phi) is 1.90. The van der Waals surface area contributed by atoms with Crippen LogP contribution in [0, 0.1) is 11.6 Å². The molecular weight excluding hydrogens is 224 g/mol. The second-order valence-electron chi connectivity index (χ2n) is 3.50. The third-order valence-corrected chi connectivity index (χ3v) is 3.93. The summed E-state index contributed by atoms with van der Waals surface area (Å²) in [6.45, 7) is 2.07. The molecule has 0 spiro atoms. The quantitative estimate of drug-likeness (QED) is 0.522. The number of benzene rings is 1. The molecular formula is C12H8OS2. The zero-order valence-electron chi connectivity index (χ0n) is 8.11. The second kappa shape index (κ2) is 3.15. The van der Waals surface area contributed by atoms with Crippen molar-refractivity contribution in [1.29, 1.82) is 0 Å². The first-order valence-electron chi connectivity index (χ1n) is 4.68. The second-order valence-corrected chi connectivity index (χ2v) is 4.96. The van der Waals surface area contributed by atoms with Crippen LogP contribution in [-0.2, 0) is 0 Å². The van der Waals surface area contributed by atoms with Crippen LogP contribution in [0.1, 0.15) is 5.56 Å². The minimum atomic E-state index is 0.559. The van der Waals surface area contributed by atoms with E-state index in [0.717, 1.165) is 11.0 Å². The van der Waals surface area contributed by atoms with E-state index in [2.05, 4.69) is 19.1 Å².